The van der Waals surface area contributed by atoms with Gasteiger partial charge in [0.15, 0.2) is 0 Å². The molecule has 1 aliphatic heterocycles. The zero-order valence-electron chi connectivity index (χ0n) is 12.7. The van der Waals surface area contributed by atoms with Gasteiger partial charge in [0.1, 0.15) is 0 Å². The Balaban J connectivity index is 1.91. The van der Waals surface area contributed by atoms with E-state index < -0.39 is 0 Å². The number of hydrogen-bond acceptors (Lipinski definition) is 3. The number of hydrogen-bond donors (Lipinski definition) is 0. The third-order valence-corrected chi connectivity index (χ3v) is 4.45. The first-order chi connectivity index (χ1) is 10.1. The molecule has 1 aliphatic rings. The number of amides is 2. The highest BCUT2D eigenvalue weighted by molar-refractivity contribution is 7.98. The van der Waals surface area contributed by atoms with Crippen molar-refractivity contribution in [3.63, 3.8) is 0 Å². The average Bonchev–Trinajstić information content (AvgIpc) is 2.49. The van der Waals surface area contributed by atoms with Crippen LogP contribution in [0.1, 0.15) is 24.8 Å². The number of thioether (sulfide) groups is 1. The number of benzene rings is 1. The molecular formula is C16H22N2O2S. The maximum Gasteiger partial charge on any atom is 0.242 e. The van der Waals surface area contributed by atoms with Crippen molar-refractivity contribution in [1.29, 1.82) is 0 Å². The molecule has 0 atom stereocenters. The first-order valence-electron chi connectivity index (χ1n) is 7.25. The van der Waals surface area contributed by atoms with Gasteiger partial charge in [-0.3, -0.25) is 9.59 Å². The van der Waals surface area contributed by atoms with Crippen molar-refractivity contribution < 1.29 is 9.59 Å². The van der Waals surface area contributed by atoms with Crippen molar-refractivity contribution in [2.45, 2.75) is 30.7 Å². The zero-order valence-corrected chi connectivity index (χ0v) is 13.5. The van der Waals surface area contributed by atoms with Gasteiger partial charge in [-0.2, -0.15) is 0 Å². The van der Waals surface area contributed by atoms with Crippen LogP contribution in [0, 0.1) is 0 Å². The summed E-state index contributed by atoms with van der Waals surface area (Å²) in [4.78, 5) is 28.6. The van der Waals surface area contributed by atoms with Gasteiger partial charge >= 0.3 is 0 Å². The van der Waals surface area contributed by atoms with E-state index >= 15 is 0 Å². The van der Waals surface area contributed by atoms with Gasteiger partial charge in [-0.25, -0.2) is 0 Å². The van der Waals surface area contributed by atoms with Crippen LogP contribution in [0.2, 0.25) is 0 Å². The van der Waals surface area contributed by atoms with Gasteiger partial charge < -0.3 is 9.80 Å². The number of piperidine rings is 1. The van der Waals surface area contributed by atoms with Crippen molar-refractivity contribution >= 4 is 23.6 Å². The highest BCUT2D eigenvalue weighted by Gasteiger charge is 2.22. The Bertz CT molecular complexity index is 519. The molecule has 1 fully saturated rings. The summed E-state index contributed by atoms with van der Waals surface area (Å²) >= 11 is 1.69. The van der Waals surface area contributed by atoms with Crippen LogP contribution in [0.15, 0.2) is 29.2 Å². The van der Waals surface area contributed by atoms with Crippen molar-refractivity contribution in [2.24, 2.45) is 0 Å². The maximum absolute atomic E-state index is 12.2. The largest absolute Gasteiger partial charge is 0.340 e. The SMILES string of the molecule is CSc1cccc(CN(C)C(=O)CN2CCCCC2=O)c1. The molecule has 1 aromatic carbocycles. The first-order valence-corrected chi connectivity index (χ1v) is 8.47. The Morgan fingerprint density at radius 1 is 1.38 bits per heavy atom. The van der Waals surface area contributed by atoms with Gasteiger partial charge in [-0.1, -0.05) is 12.1 Å². The molecule has 0 aromatic heterocycles. The van der Waals surface area contributed by atoms with E-state index in [1.54, 1.807) is 28.6 Å². The third kappa shape index (κ3) is 4.49. The van der Waals surface area contributed by atoms with E-state index in [2.05, 4.69) is 12.1 Å². The van der Waals surface area contributed by atoms with Crippen LogP contribution in [0.25, 0.3) is 0 Å². The quantitative estimate of drug-likeness (QED) is 0.784. The summed E-state index contributed by atoms with van der Waals surface area (Å²) in [6.45, 7) is 1.49. The topological polar surface area (TPSA) is 40.6 Å². The summed E-state index contributed by atoms with van der Waals surface area (Å²) in [6, 6.07) is 8.19. The molecule has 1 saturated heterocycles. The fraction of sp³-hybridized carbons (Fsp3) is 0.500. The van der Waals surface area contributed by atoms with Crippen LogP contribution < -0.4 is 0 Å². The minimum atomic E-state index is -0.000181. The molecule has 0 N–H and O–H groups in total. The second-order valence-corrected chi connectivity index (χ2v) is 6.25. The average molecular weight is 306 g/mol. The predicted molar refractivity (Wildman–Crippen MR) is 85.1 cm³/mol. The number of carbonyl (C=O) groups excluding carboxylic acids is 2. The molecule has 0 bridgehead atoms. The monoisotopic (exact) mass is 306 g/mol. The minimum Gasteiger partial charge on any atom is -0.340 e. The van der Waals surface area contributed by atoms with E-state index in [0.717, 1.165) is 18.4 Å². The number of rotatable bonds is 5. The van der Waals surface area contributed by atoms with Crippen LogP contribution in [-0.4, -0.2) is 48.0 Å². The molecule has 5 heteroatoms. The van der Waals surface area contributed by atoms with Crippen molar-refractivity contribution in [2.75, 3.05) is 26.4 Å². The molecule has 21 heavy (non-hydrogen) atoms. The lowest BCUT2D eigenvalue weighted by molar-refractivity contribution is -0.141. The molecule has 2 amide bonds. The van der Waals surface area contributed by atoms with Gasteiger partial charge in [0.25, 0.3) is 0 Å². The fourth-order valence-corrected chi connectivity index (χ4v) is 2.93. The highest BCUT2D eigenvalue weighted by atomic mass is 32.2. The molecule has 0 spiro atoms. The minimum absolute atomic E-state index is 0.000181. The summed E-state index contributed by atoms with van der Waals surface area (Å²) < 4.78 is 0. The van der Waals surface area contributed by atoms with Crippen LogP contribution in [0.3, 0.4) is 0 Å². The van der Waals surface area contributed by atoms with E-state index in [4.69, 9.17) is 0 Å². The van der Waals surface area contributed by atoms with Crippen molar-refractivity contribution in [3.8, 4) is 0 Å². The molecule has 0 radical (unpaired) electrons. The molecule has 0 aliphatic carbocycles. The fourth-order valence-electron chi connectivity index (χ4n) is 2.45. The smallest absolute Gasteiger partial charge is 0.242 e. The van der Waals surface area contributed by atoms with E-state index in [1.807, 2.05) is 18.4 Å². The third-order valence-electron chi connectivity index (χ3n) is 3.73. The maximum atomic E-state index is 12.2. The molecule has 114 valence electrons. The molecule has 1 heterocycles. The van der Waals surface area contributed by atoms with Gasteiger partial charge in [0, 0.05) is 31.5 Å². The highest BCUT2D eigenvalue weighted by Crippen LogP contribution is 2.17. The summed E-state index contributed by atoms with van der Waals surface area (Å²) in [5.74, 6) is 0.104. The molecule has 1 aromatic rings. The lowest BCUT2D eigenvalue weighted by atomic mass is 10.1. The van der Waals surface area contributed by atoms with E-state index in [1.165, 1.54) is 4.90 Å². The number of nitrogens with zero attached hydrogens (tertiary/aromatic N) is 2. The van der Waals surface area contributed by atoms with Crippen LogP contribution in [0.4, 0.5) is 0 Å². The summed E-state index contributed by atoms with van der Waals surface area (Å²) in [5.41, 5.74) is 1.11. The van der Waals surface area contributed by atoms with E-state index in [9.17, 15) is 9.59 Å². The van der Waals surface area contributed by atoms with Crippen LogP contribution in [0.5, 0.6) is 0 Å². The Hall–Kier alpha value is -1.49. The Kier molecular flexibility index (Phi) is 5.67. The lowest BCUT2D eigenvalue weighted by Crippen LogP contribution is -2.43. The van der Waals surface area contributed by atoms with Crippen LogP contribution >= 0.6 is 11.8 Å². The normalized spacial score (nSPS) is 15.1. The van der Waals surface area contributed by atoms with Gasteiger partial charge in [0.2, 0.25) is 11.8 Å². The number of likely N-dealkylation sites (tertiary alicyclic amines) is 1. The molecule has 4 nitrogen and oxygen atoms in total. The van der Waals surface area contributed by atoms with Crippen molar-refractivity contribution in [1.82, 2.24) is 9.80 Å². The standard InChI is InChI=1S/C16H22N2O2S/c1-17(11-13-6-5-7-14(10-13)21-2)16(20)12-18-9-4-3-8-15(18)19/h5-7,10H,3-4,8-9,11-12H2,1-2H3. The first kappa shape index (κ1) is 15.9. The van der Waals surface area contributed by atoms with Crippen molar-refractivity contribution in [3.05, 3.63) is 29.8 Å². The summed E-state index contributed by atoms with van der Waals surface area (Å²) in [6.07, 6.45) is 4.56. The molecule has 2 rings (SSSR count). The Morgan fingerprint density at radius 2 is 2.19 bits per heavy atom. The van der Waals surface area contributed by atoms with E-state index in [0.29, 0.717) is 19.5 Å². The predicted octanol–water partition coefficient (Wildman–Crippen LogP) is 2.38. The molecule has 0 unspecified atom stereocenters. The molecule has 0 saturated carbocycles. The second-order valence-electron chi connectivity index (χ2n) is 5.37. The van der Waals surface area contributed by atoms with Gasteiger partial charge in [0.05, 0.1) is 6.54 Å². The van der Waals surface area contributed by atoms with Gasteiger partial charge in [-0.05, 0) is 36.8 Å². The molecular weight excluding hydrogens is 284 g/mol. The Morgan fingerprint density at radius 3 is 2.90 bits per heavy atom. The summed E-state index contributed by atoms with van der Waals surface area (Å²) in [5, 5.41) is 0. The number of carbonyl (C=O) groups is 2. The zero-order chi connectivity index (χ0) is 15.2. The van der Waals surface area contributed by atoms with Gasteiger partial charge in [-0.15, -0.1) is 11.8 Å². The summed E-state index contributed by atoms with van der Waals surface area (Å²) in [7, 11) is 1.79. The number of likely N-dealkylation sites (N-methyl/N-ethyl adjacent to an activating group) is 1. The lowest BCUT2D eigenvalue weighted by Gasteiger charge is -2.28. The van der Waals surface area contributed by atoms with Crippen LogP contribution in [-0.2, 0) is 16.1 Å². The van der Waals surface area contributed by atoms with E-state index in [-0.39, 0.29) is 18.4 Å². The Labute approximate surface area is 130 Å². The second kappa shape index (κ2) is 7.50.